The quantitative estimate of drug-likeness (QED) is 0.647. The highest BCUT2D eigenvalue weighted by Crippen LogP contribution is 2.13. The summed E-state index contributed by atoms with van der Waals surface area (Å²) < 4.78 is 5.08. The van der Waals surface area contributed by atoms with E-state index in [0.717, 1.165) is 0 Å². The molecule has 17 heavy (non-hydrogen) atoms. The average molecular weight is 251 g/mol. The van der Waals surface area contributed by atoms with Crippen molar-refractivity contribution in [3.05, 3.63) is 18.3 Å². The van der Waals surface area contributed by atoms with E-state index in [1.807, 2.05) is 0 Å². The van der Waals surface area contributed by atoms with Crippen molar-refractivity contribution in [3.63, 3.8) is 0 Å². The number of thiocarbonyl (C=S) groups is 1. The third kappa shape index (κ3) is 5.19. The van der Waals surface area contributed by atoms with Crippen molar-refractivity contribution in [3.8, 4) is 0 Å². The highest BCUT2D eigenvalue weighted by molar-refractivity contribution is 7.78. The number of carbonyl (C=O) groups is 1. The summed E-state index contributed by atoms with van der Waals surface area (Å²) in [4.78, 5) is 19.1. The number of hydrogen-bond donors (Lipinski definition) is 1. The van der Waals surface area contributed by atoms with Crippen molar-refractivity contribution in [1.82, 2.24) is 4.98 Å². The van der Waals surface area contributed by atoms with Crippen LogP contribution in [-0.4, -0.2) is 21.8 Å². The lowest BCUT2D eigenvalue weighted by molar-refractivity contribution is 0.0635. The van der Waals surface area contributed by atoms with Gasteiger partial charge in [0.05, 0.1) is 17.0 Å². The van der Waals surface area contributed by atoms with Crippen LogP contribution in [0.15, 0.2) is 23.3 Å². The summed E-state index contributed by atoms with van der Waals surface area (Å²) in [5.41, 5.74) is 0.0424. The molecule has 0 unspecified atom stereocenters. The minimum Gasteiger partial charge on any atom is -0.444 e. The van der Waals surface area contributed by atoms with E-state index in [4.69, 9.17) is 4.74 Å². The number of rotatable bonds is 2. The Labute approximate surface area is 105 Å². The average Bonchev–Trinajstić information content (AvgIpc) is 2.18. The zero-order valence-electron chi connectivity index (χ0n) is 9.85. The Kier molecular flexibility index (Phi) is 4.31. The summed E-state index contributed by atoms with van der Waals surface area (Å²) in [7, 11) is 0. The van der Waals surface area contributed by atoms with E-state index in [9.17, 15) is 4.79 Å². The molecule has 0 aliphatic rings. The normalized spacial score (nSPS) is 10.3. The maximum Gasteiger partial charge on any atom is 0.413 e. The molecule has 0 atom stereocenters. The molecule has 0 aliphatic carbocycles. The molecule has 1 N–H and O–H groups in total. The summed E-state index contributed by atoms with van der Waals surface area (Å²) in [6.07, 6.45) is 0.933. The molecule has 90 valence electrons. The molecular weight excluding hydrogens is 238 g/mol. The molecule has 0 saturated carbocycles. The van der Waals surface area contributed by atoms with Crippen LogP contribution >= 0.6 is 12.2 Å². The maximum atomic E-state index is 11.4. The van der Waals surface area contributed by atoms with Crippen LogP contribution in [0.3, 0.4) is 0 Å². The van der Waals surface area contributed by atoms with Gasteiger partial charge in [-0.15, -0.1) is 0 Å². The third-order valence-electron chi connectivity index (χ3n) is 1.55. The van der Waals surface area contributed by atoms with Gasteiger partial charge in [-0.1, -0.05) is 0 Å². The standard InChI is InChI=1S/C11H13N3O2S/c1-11(2,3)16-10(15)14-9-5-4-8(6-12-9)13-7-17/h4-6H,1-3H3,(H,12,14,15). The Morgan fingerprint density at radius 1 is 1.53 bits per heavy atom. The van der Waals surface area contributed by atoms with Gasteiger partial charge in [-0.05, 0) is 45.1 Å². The molecule has 1 heterocycles. The van der Waals surface area contributed by atoms with Gasteiger partial charge in [0.15, 0.2) is 0 Å². The van der Waals surface area contributed by atoms with E-state index in [-0.39, 0.29) is 0 Å². The number of aromatic nitrogens is 1. The molecule has 1 aromatic heterocycles. The highest BCUT2D eigenvalue weighted by atomic mass is 32.1. The lowest BCUT2D eigenvalue weighted by Gasteiger charge is -2.19. The van der Waals surface area contributed by atoms with Crippen molar-refractivity contribution >= 4 is 35.0 Å². The second-order valence-corrected chi connectivity index (χ2v) is 4.41. The Morgan fingerprint density at radius 2 is 2.24 bits per heavy atom. The predicted molar refractivity (Wildman–Crippen MR) is 68.8 cm³/mol. The van der Waals surface area contributed by atoms with Crippen LogP contribution in [0.4, 0.5) is 16.3 Å². The molecule has 1 amide bonds. The molecular formula is C11H13N3O2S. The number of pyridine rings is 1. The van der Waals surface area contributed by atoms with Crippen molar-refractivity contribution in [2.75, 3.05) is 5.32 Å². The van der Waals surface area contributed by atoms with E-state index in [1.165, 1.54) is 6.20 Å². The fourth-order valence-corrected chi connectivity index (χ4v) is 1.09. The highest BCUT2D eigenvalue weighted by Gasteiger charge is 2.16. The van der Waals surface area contributed by atoms with E-state index in [1.54, 1.807) is 32.9 Å². The number of carbonyl (C=O) groups excluding carboxylic acids is 1. The molecule has 1 rings (SSSR count). The smallest absolute Gasteiger partial charge is 0.413 e. The van der Waals surface area contributed by atoms with E-state index >= 15 is 0 Å². The first kappa shape index (κ1) is 13.3. The number of ether oxygens (including phenoxy) is 1. The topological polar surface area (TPSA) is 63.6 Å². The first-order chi connectivity index (χ1) is 7.90. The predicted octanol–water partition coefficient (Wildman–Crippen LogP) is 3.16. The summed E-state index contributed by atoms with van der Waals surface area (Å²) in [5, 5.41) is 4.74. The number of anilines is 1. The van der Waals surface area contributed by atoms with Gasteiger partial charge >= 0.3 is 6.09 Å². The summed E-state index contributed by atoms with van der Waals surface area (Å²) in [6.45, 7) is 5.37. The monoisotopic (exact) mass is 251 g/mol. The minimum absolute atomic E-state index is 0.391. The van der Waals surface area contributed by atoms with Gasteiger partial charge in [-0.2, -0.15) is 4.99 Å². The van der Waals surface area contributed by atoms with Crippen molar-refractivity contribution in [1.29, 1.82) is 0 Å². The molecule has 0 aliphatic heterocycles. The van der Waals surface area contributed by atoms with E-state index in [2.05, 4.69) is 32.7 Å². The maximum absolute atomic E-state index is 11.4. The molecule has 0 saturated heterocycles. The van der Waals surface area contributed by atoms with Gasteiger partial charge in [0.25, 0.3) is 0 Å². The number of nitrogens with one attached hydrogen (secondary N) is 1. The molecule has 0 fully saturated rings. The van der Waals surface area contributed by atoms with Gasteiger partial charge in [0.2, 0.25) is 0 Å². The van der Waals surface area contributed by atoms with Gasteiger partial charge < -0.3 is 4.74 Å². The number of aliphatic imine (C=N–C) groups is 1. The molecule has 0 spiro atoms. The largest absolute Gasteiger partial charge is 0.444 e. The molecule has 0 bridgehead atoms. The first-order valence-electron chi connectivity index (χ1n) is 4.94. The van der Waals surface area contributed by atoms with Crippen molar-refractivity contribution in [2.45, 2.75) is 26.4 Å². The van der Waals surface area contributed by atoms with E-state index in [0.29, 0.717) is 11.5 Å². The zero-order chi connectivity index (χ0) is 12.9. The zero-order valence-corrected chi connectivity index (χ0v) is 10.7. The lowest BCUT2D eigenvalue weighted by atomic mass is 10.2. The van der Waals surface area contributed by atoms with Gasteiger partial charge in [0, 0.05) is 0 Å². The summed E-state index contributed by atoms with van der Waals surface area (Å²) in [6, 6.07) is 3.27. The van der Waals surface area contributed by atoms with Gasteiger partial charge in [-0.25, -0.2) is 9.78 Å². The van der Waals surface area contributed by atoms with Crippen molar-refractivity contribution in [2.24, 2.45) is 4.99 Å². The van der Waals surface area contributed by atoms with Crippen molar-refractivity contribution < 1.29 is 9.53 Å². The Balaban J connectivity index is 2.63. The summed E-state index contributed by atoms with van der Waals surface area (Å²) in [5.74, 6) is 0.391. The second kappa shape index (κ2) is 5.52. The van der Waals surface area contributed by atoms with Gasteiger partial charge in [0.1, 0.15) is 11.4 Å². The molecule has 1 aromatic rings. The fourth-order valence-electron chi connectivity index (χ4n) is 0.987. The third-order valence-corrected chi connectivity index (χ3v) is 1.64. The van der Waals surface area contributed by atoms with Crippen LogP contribution < -0.4 is 5.32 Å². The van der Waals surface area contributed by atoms with Gasteiger partial charge in [-0.3, -0.25) is 5.32 Å². The first-order valence-corrected chi connectivity index (χ1v) is 5.35. The number of hydrogen-bond acceptors (Lipinski definition) is 5. The van der Waals surface area contributed by atoms with Crippen LogP contribution in [0.5, 0.6) is 0 Å². The number of isothiocyanates is 1. The fraction of sp³-hybridized carbons (Fsp3) is 0.364. The van der Waals surface area contributed by atoms with Crippen LogP contribution in [-0.2, 0) is 4.74 Å². The molecule has 6 heteroatoms. The van der Waals surface area contributed by atoms with Crippen LogP contribution in [0.25, 0.3) is 0 Å². The van der Waals surface area contributed by atoms with Crippen LogP contribution in [0.1, 0.15) is 20.8 Å². The minimum atomic E-state index is -0.545. The lowest BCUT2D eigenvalue weighted by Crippen LogP contribution is -2.27. The van der Waals surface area contributed by atoms with Crippen LogP contribution in [0.2, 0.25) is 0 Å². The summed E-state index contributed by atoms with van der Waals surface area (Å²) >= 11 is 4.46. The molecule has 5 nitrogen and oxygen atoms in total. The second-order valence-electron chi connectivity index (χ2n) is 4.23. The SMILES string of the molecule is CC(C)(C)OC(=O)Nc1ccc(N=C=S)cn1. The number of amides is 1. The Hall–Kier alpha value is -1.78. The Bertz CT molecular complexity index is 445. The molecule has 0 radical (unpaired) electrons. The molecule has 0 aromatic carbocycles. The number of nitrogens with zero attached hydrogens (tertiary/aromatic N) is 2. The Morgan fingerprint density at radius 3 is 2.71 bits per heavy atom. The van der Waals surface area contributed by atoms with Crippen LogP contribution in [0, 0.1) is 0 Å². The van der Waals surface area contributed by atoms with E-state index < -0.39 is 11.7 Å².